The summed E-state index contributed by atoms with van der Waals surface area (Å²) in [6.45, 7) is 3.81. The van der Waals surface area contributed by atoms with E-state index in [0.717, 1.165) is 22.5 Å². The van der Waals surface area contributed by atoms with Gasteiger partial charge in [0.15, 0.2) is 5.13 Å². The topological polar surface area (TPSA) is 85.2 Å². The number of nitrogens with two attached hydrogens (primary N) is 2. The molecular formula is C17H22N4OS. The zero-order chi connectivity index (χ0) is 16.4. The molecule has 1 aromatic carbocycles. The molecule has 1 aliphatic carbocycles. The van der Waals surface area contributed by atoms with Crippen molar-refractivity contribution in [3.63, 3.8) is 0 Å². The normalized spacial score (nSPS) is 14.0. The summed E-state index contributed by atoms with van der Waals surface area (Å²) in [6, 6.07) is 8.06. The number of carbonyl (C=O) groups is 1. The quantitative estimate of drug-likeness (QED) is 0.852. The molecule has 1 saturated carbocycles. The van der Waals surface area contributed by atoms with Crippen molar-refractivity contribution in [2.24, 2.45) is 11.7 Å². The number of hydrogen-bond donors (Lipinski definition) is 2. The summed E-state index contributed by atoms with van der Waals surface area (Å²) in [7, 11) is 0. The van der Waals surface area contributed by atoms with Crippen LogP contribution in [0.25, 0.3) is 10.4 Å². The van der Waals surface area contributed by atoms with Crippen LogP contribution in [0, 0.1) is 12.8 Å². The minimum atomic E-state index is -0.0631. The SMILES string of the molecule is Cc1cccc(-c2sc(N)nc2C(=O)N(CCN)CC2CC2)c1. The lowest BCUT2D eigenvalue weighted by Crippen LogP contribution is -2.37. The monoisotopic (exact) mass is 330 g/mol. The Bertz CT molecular complexity index is 708. The Morgan fingerprint density at radius 3 is 2.87 bits per heavy atom. The van der Waals surface area contributed by atoms with E-state index < -0.39 is 0 Å². The maximum absolute atomic E-state index is 12.9. The largest absolute Gasteiger partial charge is 0.375 e. The van der Waals surface area contributed by atoms with Crippen LogP contribution in [-0.2, 0) is 0 Å². The van der Waals surface area contributed by atoms with E-state index in [2.05, 4.69) is 11.1 Å². The van der Waals surface area contributed by atoms with Gasteiger partial charge in [-0.25, -0.2) is 4.98 Å². The molecule has 0 atom stereocenters. The number of rotatable bonds is 6. The smallest absolute Gasteiger partial charge is 0.274 e. The average Bonchev–Trinajstić information content (AvgIpc) is 3.25. The summed E-state index contributed by atoms with van der Waals surface area (Å²) in [5, 5.41) is 0.420. The van der Waals surface area contributed by atoms with Crippen molar-refractivity contribution in [1.82, 2.24) is 9.88 Å². The van der Waals surface area contributed by atoms with Crippen molar-refractivity contribution in [2.45, 2.75) is 19.8 Å². The first-order valence-corrected chi connectivity index (χ1v) is 8.73. The minimum Gasteiger partial charge on any atom is -0.375 e. The number of aromatic nitrogens is 1. The van der Waals surface area contributed by atoms with Gasteiger partial charge in [-0.05, 0) is 31.2 Å². The predicted octanol–water partition coefficient (Wildman–Crippen LogP) is 2.51. The van der Waals surface area contributed by atoms with Gasteiger partial charge in [0.1, 0.15) is 5.69 Å². The number of thiazole rings is 1. The van der Waals surface area contributed by atoms with Crippen LogP contribution < -0.4 is 11.5 Å². The molecule has 23 heavy (non-hydrogen) atoms. The van der Waals surface area contributed by atoms with Crippen molar-refractivity contribution in [1.29, 1.82) is 0 Å². The molecule has 0 spiro atoms. The van der Waals surface area contributed by atoms with E-state index in [1.807, 2.05) is 30.0 Å². The van der Waals surface area contributed by atoms with E-state index in [9.17, 15) is 4.79 Å². The third-order valence-corrected chi connectivity index (χ3v) is 4.92. The summed E-state index contributed by atoms with van der Waals surface area (Å²) in [5.74, 6) is 0.552. The van der Waals surface area contributed by atoms with Gasteiger partial charge in [0.05, 0.1) is 4.88 Å². The maximum Gasteiger partial charge on any atom is 0.274 e. The Kier molecular flexibility index (Phi) is 4.63. The molecule has 1 aromatic heterocycles. The van der Waals surface area contributed by atoms with Crippen molar-refractivity contribution in [3.05, 3.63) is 35.5 Å². The van der Waals surface area contributed by atoms with Crippen LogP contribution in [0.2, 0.25) is 0 Å². The Hall–Kier alpha value is -1.92. The van der Waals surface area contributed by atoms with Gasteiger partial charge >= 0.3 is 0 Å². The summed E-state index contributed by atoms with van der Waals surface area (Å²) < 4.78 is 0. The third-order valence-electron chi connectivity index (χ3n) is 3.99. The first kappa shape index (κ1) is 16.0. The third kappa shape index (κ3) is 3.71. The number of nitrogens with zero attached hydrogens (tertiary/aromatic N) is 2. The summed E-state index contributed by atoms with van der Waals surface area (Å²) in [6.07, 6.45) is 2.39. The van der Waals surface area contributed by atoms with E-state index in [-0.39, 0.29) is 5.91 Å². The summed E-state index contributed by atoms with van der Waals surface area (Å²) >= 11 is 1.36. The van der Waals surface area contributed by atoms with Gasteiger partial charge in [0, 0.05) is 19.6 Å². The highest BCUT2D eigenvalue weighted by Crippen LogP contribution is 2.34. The molecule has 0 saturated heterocycles. The standard InChI is InChI=1S/C17H22N4OS/c1-11-3-2-4-13(9-11)15-14(20-17(19)23-15)16(22)21(8-7-18)10-12-5-6-12/h2-4,9,12H,5-8,10,18H2,1H3,(H2,19,20). The second kappa shape index (κ2) is 6.68. The Labute approximate surface area is 140 Å². The number of anilines is 1. The van der Waals surface area contributed by atoms with Gasteiger partial charge in [-0.2, -0.15) is 0 Å². The van der Waals surface area contributed by atoms with Crippen molar-refractivity contribution < 1.29 is 4.79 Å². The van der Waals surface area contributed by atoms with Crippen LogP contribution in [0.3, 0.4) is 0 Å². The minimum absolute atomic E-state index is 0.0631. The molecule has 2 aromatic rings. The molecule has 0 aliphatic heterocycles. The molecule has 1 heterocycles. The predicted molar refractivity (Wildman–Crippen MR) is 94.4 cm³/mol. The molecule has 1 aliphatic rings. The molecule has 0 unspecified atom stereocenters. The second-order valence-electron chi connectivity index (χ2n) is 6.08. The lowest BCUT2D eigenvalue weighted by atomic mass is 10.1. The van der Waals surface area contributed by atoms with Crippen LogP contribution >= 0.6 is 11.3 Å². The number of hydrogen-bond acceptors (Lipinski definition) is 5. The molecule has 122 valence electrons. The second-order valence-corrected chi connectivity index (χ2v) is 7.11. The zero-order valence-corrected chi connectivity index (χ0v) is 14.1. The van der Waals surface area contributed by atoms with E-state index in [1.165, 1.54) is 24.2 Å². The maximum atomic E-state index is 12.9. The number of aryl methyl sites for hydroxylation is 1. The van der Waals surface area contributed by atoms with Crippen molar-refractivity contribution in [2.75, 3.05) is 25.4 Å². The fourth-order valence-electron chi connectivity index (χ4n) is 2.66. The van der Waals surface area contributed by atoms with Gasteiger partial charge < -0.3 is 16.4 Å². The van der Waals surface area contributed by atoms with Crippen LogP contribution in [0.15, 0.2) is 24.3 Å². The number of benzene rings is 1. The number of amides is 1. The molecule has 1 amide bonds. The van der Waals surface area contributed by atoms with E-state index >= 15 is 0 Å². The number of nitrogen functional groups attached to an aromatic ring is 1. The fraction of sp³-hybridized carbons (Fsp3) is 0.412. The molecule has 6 heteroatoms. The molecule has 3 rings (SSSR count). The zero-order valence-electron chi connectivity index (χ0n) is 13.3. The highest BCUT2D eigenvalue weighted by molar-refractivity contribution is 7.19. The molecular weight excluding hydrogens is 308 g/mol. The highest BCUT2D eigenvalue weighted by atomic mass is 32.1. The first-order valence-electron chi connectivity index (χ1n) is 7.91. The van der Waals surface area contributed by atoms with Crippen LogP contribution in [0.1, 0.15) is 28.9 Å². The molecule has 4 N–H and O–H groups in total. The number of carbonyl (C=O) groups excluding carboxylic acids is 1. The molecule has 5 nitrogen and oxygen atoms in total. The molecule has 0 radical (unpaired) electrons. The average molecular weight is 330 g/mol. The van der Waals surface area contributed by atoms with Gasteiger partial charge in [0.2, 0.25) is 0 Å². The van der Waals surface area contributed by atoms with Gasteiger partial charge in [0.25, 0.3) is 5.91 Å². The summed E-state index contributed by atoms with van der Waals surface area (Å²) in [4.78, 5) is 19.9. The fourth-order valence-corrected chi connectivity index (χ4v) is 3.48. The van der Waals surface area contributed by atoms with Gasteiger partial charge in [-0.3, -0.25) is 4.79 Å². The van der Waals surface area contributed by atoms with Crippen LogP contribution in [0.4, 0.5) is 5.13 Å². The summed E-state index contributed by atoms with van der Waals surface area (Å²) in [5.41, 5.74) is 14.2. The van der Waals surface area contributed by atoms with Crippen molar-refractivity contribution >= 4 is 22.4 Å². The highest BCUT2D eigenvalue weighted by Gasteiger charge is 2.29. The van der Waals surface area contributed by atoms with E-state index in [4.69, 9.17) is 11.5 Å². The Morgan fingerprint density at radius 1 is 1.43 bits per heavy atom. The van der Waals surface area contributed by atoms with Crippen LogP contribution in [-0.4, -0.2) is 35.4 Å². The lowest BCUT2D eigenvalue weighted by molar-refractivity contribution is 0.0748. The van der Waals surface area contributed by atoms with Gasteiger partial charge in [-0.1, -0.05) is 41.2 Å². The van der Waals surface area contributed by atoms with E-state index in [0.29, 0.717) is 29.8 Å². The lowest BCUT2D eigenvalue weighted by Gasteiger charge is -2.21. The molecule has 1 fully saturated rings. The first-order chi connectivity index (χ1) is 11.1. The Morgan fingerprint density at radius 2 is 2.22 bits per heavy atom. The van der Waals surface area contributed by atoms with Gasteiger partial charge in [-0.15, -0.1) is 0 Å². The van der Waals surface area contributed by atoms with Crippen molar-refractivity contribution in [3.8, 4) is 10.4 Å². The van der Waals surface area contributed by atoms with E-state index in [1.54, 1.807) is 0 Å². The van der Waals surface area contributed by atoms with Crippen LogP contribution in [0.5, 0.6) is 0 Å². The Balaban J connectivity index is 1.93. The molecule has 0 bridgehead atoms.